The molecule has 1 saturated heterocycles. The Morgan fingerprint density at radius 1 is 1.03 bits per heavy atom. The van der Waals surface area contributed by atoms with Gasteiger partial charge in [-0.2, -0.15) is 0 Å². The summed E-state index contributed by atoms with van der Waals surface area (Å²) in [6.07, 6.45) is -0.347. The zero-order chi connectivity index (χ0) is 28.8. The summed E-state index contributed by atoms with van der Waals surface area (Å²) < 4.78 is 33.2. The van der Waals surface area contributed by atoms with Crippen molar-refractivity contribution < 1.29 is 27.8 Å². The zero-order valence-corrected chi connectivity index (χ0v) is 26.0. The van der Waals surface area contributed by atoms with Crippen LogP contribution in [0.25, 0.3) is 0 Å². The van der Waals surface area contributed by atoms with Crippen LogP contribution in [-0.2, 0) is 27.8 Å². The SMILES string of the molecule is CCOC(=O)C1=C(OP(=O)(c2ccccc2)c2ccccc2)[C@H](C)[C@H]2[C@@H]([C@@H](C)O[Si](C)(C)C(C)(C)C)C(=O)N12. The number of fused-ring (bicyclic) bond motifs is 1. The molecule has 0 bridgehead atoms. The lowest BCUT2D eigenvalue weighted by Gasteiger charge is -2.49. The number of hydrogen-bond donors (Lipinski definition) is 0. The maximum atomic E-state index is 14.7. The Morgan fingerprint density at radius 2 is 1.54 bits per heavy atom. The highest BCUT2D eigenvalue weighted by Gasteiger charge is 2.62. The standard InChI is InChI=1S/C30H40NO6PSi/c1-9-35-29(33)26-27(36-38(34,22-16-12-10-13-17-22)23-18-14-11-15-19-23)20(2)25-24(28(32)31(25)26)21(3)37-39(7,8)30(4,5)6/h10-21,24-25H,9H2,1-8H3/t20-,21-,24-,25+/m1/s1. The van der Waals surface area contributed by atoms with Gasteiger partial charge in [-0.3, -0.25) is 14.3 Å². The fourth-order valence-electron chi connectivity index (χ4n) is 5.17. The summed E-state index contributed by atoms with van der Waals surface area (Å²) in [5.41, 5.74) is 0.0437. The van der Waals surface area contributed by atoms with E-state index < -0.39 is 33.5 Å². The summed E-state index contributed by atoms with van der Waals surface area (Å²) in [5, 5.41) is 0.993. The number of β-lactam (4-membered cyclic amide) rings is 1. The summed E-state index contributed by atoms with van der Waals surface area (Å²) in [6, 6.07) is 17.6. The van der Waals surface area contributed by atoms with Crippen molar-refractivity contribution in [3.63, 3.8) is 0 Å². The number of hydrogen-bond acceptors (Lipinski definition) is 6. The summed E-state index contributed by atoms with van der Waals surface area (Å²) in [5.74, 6) is -1.47. The third kappa shape index (κ3) is 5.15. The van der Waals surface area contributed by atoms with E-state index >= 15 is 0 Å². The number of carbonyl (C=O) groups excluding carboxylic acids is 2. The average Bonchev–Trinajstić information content (AvgIpc) is 3.12. The van der Waals surface area contributed by atoms with Crippen LogP contribution in [0.1, 0.15) is 41.5 Å². The third-order valence-corrected chi connectivity index (χ3v) is 15.3. The Labute approximate surface area is 233 Å². The van der Waals surface area contributed by atoms with Gasteiger partial charge < -0.3 is 13.7 Å². The van der Waals surface area contributed by atoms with Crippen molar-refractivity contribution in [3.8, 4) is 0 Å². The van der Waals surface area contributed by atoms with E-state index in [-0.39, 0.29) is 41.2 Å². The number of rotatable bonds is 9. The van der Waals surface area contributed by atoms with Gasteiger partial charge in [-0.25, -0.2) is 4.79 Å². The highest BCUT2D eigenvalue weighted by Crippen LogP contribution is 2.55. The van der Waals surface area contributed by atoms with E-state index in [1.54, 1.807) is 55.5 Å². The highest BCUT2D eigenvalue weighted by atomic mass is 31.2. The van der Waals surface area contributed by atoms with E-state index in [4.69, 9.17) is 13.7 Å². The molecule has 0 saturated carbocycles. The minimum Gasteiger partial charge on any atom is -0.461 e. The van der Waals surface area contributed by atoms with Gasteiger partial charge in [0.15, 0.2) is 14.0 Å². The smallest absolute Gasteiger partial charge is 0.358 e. The summed E-state index contributed by atoms with van der Waals surface area (Å²) in [6.45, 7) is 16.5. The predicted molar refractivity (Wildman–Crippen MR) is 156 cm³/mol. The van der Waals surface area contributed by atoms with Crippen LogP contribution >= 0.6 is 7.37 Å². The van der Waals surface area contributed by atoms with E-state index in [0.717, 1.165) is 0 Å². The van der Waals surface area contributed by atoms with Crippen LogP contribution in [0.15, 0.2) is 72.1 Å². The first-order chi connectivity index (χ1) is 18.2. The van der Waals surface area contributed by atoms with Crippen LogP contribution in [-0.4, -0.2) is 43.8 Å². The van der Waals surface area contributed by atoms with Gasteiger partial charge in [-0.15, -0.1) is 0 Å². The first-order valence-electron chi connectivity index (χ1n) is 13.6. The Bertz CT molecular complexity index is 1260. The number of carbonyl (C=O) groups is 2. The largest absolute Gasteiger partial charge is 0.461 e. The lowest BCUT2D eigenvalue weighted by molar-refractivity contribution is -0.163. The molecular weight excluding hydrogens is 529 g/mol. The topological polar surface area (TPSA) is 82.1 Å². The highest BCUT2D eigenvalue weighted by molar-refractivity contribution is 7.74. The van der Waals surface area contributed by atoms with Crippen molar-refractivity contribution in [1.82, 2.24) is 4.90 Å². The monoisotopic (exact) mass is 569 g/mol. The van der Waals surface area contributed by atoms with Crippen molar-refractivity contribution in [2.75, 3.05) is 6.61 Å². The molecule has 0 N–H and O–H groups in total. The summed E-state index contributed by atoms with van der Waals surface area (Å²) in [7, 11) is -5.83. The van der Waals surface area contributed by atoms with Crippen LogP contribution < -0.4 is 10.6 Å². The number of ether oxygens (including phenoxy) is 1. The molecule has 2 aromatic rings. The quantitative estimate of drug-likeness (QED) is 0.169. The molecule has 9 heteroatoms. The predicted octanol–water partition coefficient (Wildman–Crippen LogP) is 5.59. The van der Waals surface area contributed by atoms with Gasteiger partial charge in [0.25, 0.3) is 0 Å². The Balaban J connectivity index is 1.75. The van der Waals surface area contributed by atoms with Gasteiger partial charge in [0.05, 0.1) is 35.3 Å². The maximum Gasteiger partial charge on any atom is 0.358 e. The van der Waals surface area contributed by atoms with Gasteiger partial charge >= 0.3 is 13.3 Å². The van der Waals surface area contributed by atoms with Crippen molar-refractivity contribution in [1.29, 1.82) is 0 Å². The Hall–Kier alpha value is -2.67. The second-order valence-electron chi connectivity index (χ2n) is 11.8. The molecule has 2 heterocycles. The van der Waals surface area contributed by atoms with Crippen molar-refractivity contribution in [2.24, 2.45) is 11.8 Å². The van der Waals surface area contributed by atoms with Crippen LogP contribution in [0.2, 0.25) is 18.1 Å². The van der Waals surface area contributed by atoms with E-state index in [9.17, 15) is 14.2 Å². The summed E-state index contributed by atoms with van der Waals surface area (Å²) >= 11 is 0. The van der Waals surface area contributed by atoms with Gasteiger partial charge in [-0.05, 0) is 56.2 Å². The molecule has 0 unspecified atom stereocenters. The van der Waals surface area contributed by atoms with E-state index in [0.29, 0.717) is 10.6 Å². The van der Waals surface area contributed by atoms with Gasteiger partial charge in [-0.1, -0.05) is 64.1 Å². The van der Waals surface area contributed by atoms with E-state index in [1.807, 2.05) is 26.0 Å². The van der Waals surface area contributed by atoms with Gasteiger partial charge in [0.1, 0.15) is 5.76 Å². The molecule has 0 radical (unpaired) electrons. The van der Waals surface area contributed by atoms with E-state index in [2.05, 4.69) is 33.9 Å². The molecule has 2 aliphatic rings. The minimum absolute atomic E-state index is 0.0182. The number of nitrogens with zero attached hydrogens (tertiary/aromatic N) is 1. The van der Waals surface area contributed by atoms with E-state index in [1.165, 1.54) is 4.90 Å². The van der Waals surface area contributed by atoms with Gasteiger partial charge in [0.2, 0.25) is 5.91 Å². The molecule has 2 aliphatic heterocycles. The number of benzene rings is 2. The lowest BCUT2D eigenvalue weighted by Crippen LogP contribution is -2.65. The molecule has 1 amide bonds. The normalized spacial score (nSPS) is 22.3. The second kappa shape index (κ2) is 10.7. The Morgan fingerprint density at radius 3 is 2.00 bits per heavy atom. The fourth-order valence-corrected chi connectivity index (χ4v) is 8.77. The first-order valence-corrected chi connectivity index (χ1v) is 18.1. The summed E-state index contributed by atoms with van der Waals surface area (Å²) in [4.78, 5) is 28.4. The van der Waals surface area contributed by atoms with Crippen molar-refractivity contribution in [2.45, 2.75) is 71.8 Å². The molecule has 2 aromatic carbocycles. The molecule has 4 atom stereocenters. The average molecular weight is 570 g/mol. The molecule has 39 heavy (non-hydrogen) atoms. The van der Waals surface area contributed by atoms with Crippen molar-refractivity contribution >= 4 is 38.2 Å². The lowest BCUT2D eigenvalue weighted by atomic mass is 9.79. The first kappa shape index (κ1) is 29.3. The van der Waals surface area contributed by atoms with Crippen LogP contribution in [0.5, 0.6) is 0 Å². The fraction of sp³-hybridized carbons (Fsp3) is 0.467. The molecular formula is C30H40NO6PSi. The molecule has 4 rings (SSSR count). The maximum absolute atomic E-state index is 14.7. The molecule has 0 aromatic heterocycles. The molecule has 0 aliphatic carbocycles. The molecule has 7 nitrogen and oxygen atoms in total. The Kier molecular flexibility index (Phi) is 8.05. The number of esters is 1. The minimum atomic E-state index is -3.68. The molecule has 0 spiro atoms. The van der Waals surface area contributed by atoms with Crippen LogP contribution in [0, 0.1) is 11.8 Å². The van der Waals surface area contributed by atoms with Gasteiger partial charge in [0, 0.05) is 5.92 Å². The second-order valence-corrected chi connectivity index (χ2v) is 18.9. The molecule has 210 valence electrons. The van der Waals surface area contributed by atoms with Crippen LogP contribution in [0.3, 0.4) is 0 Å². The number of amides is 1. The third-order valence-electron chi connectivity index (χ3n) is 8.27. The molecule has 1 fully saturated rings. The van der Waals surface area contributed by atoms with Crippen LogP contribution in [0.4, 0.5) is 0 Å². The zero-order valence-electron chi connectivity index (χ0n) is 24.1. The van der Waals surface area contributed by atoms with Crippen molar-refractivity contribution in [3.05, 3.63) is 72.1 Å².